The molecule has 3 aromatic rings. The van der Waals surface area contributed by atoms with Gasteiger partial charge in [-0.15, -0.1) is 0 Å². The molecule has 2 aliphatic heterocycles. The average Bonchev–Trinajstić information content (AvgIpc) is 3.33. The molecule has 3 aromatic heterocycles. The number of carbonyl (C=O) groups excluding carboxylic acids is 1. The number of nitrogens with zero attached hydrogens (tertiary/aromatic N) is 6. The summed E-state index contributed by atoms with van der Waals surface area (Å²) < 4.78 is 28.5. The third-order valence-corrected chi connectivity index (χ3v) is 8.28. The van der Waals surface area contributed by atoms with Crippen molar-refractivity contribution in [3.05, 3.63) is 30.6 Å². The van der Waals surface area contributed by atoms with Crippen molar-refractivity contribution in [1.29, 1.82) is 0 Å². The van der Waals surface area contributed by atoms with Crippen LogP contribution in [0.4, 0.5) is 16.4 Å². The lowest BCUT2D eigenvalue weighted by atomic mass is 10.1. The highest BCUT2D eigenvalue weighted by Gasteiger charge is 2.26. The molecule has 0 unspecified atom stereocenters. The maximum atomic E-state index is 13.5. The fourth-order valence-corrected chi connectivity index (χ4v) is 6.09. The van der Waals surface area contributed by atoms with Gasteiger partial charge in [0.1, 0.15) is 11.5 Å². The summed E-state index contributed by atoms with van der Waals surface area (Å²) in [5.74, 6) is 2.12. The highest BCUT2D eigenvalue weighted by molar-refractivity contribution is 7.93. The van der Waals surface area contributed by atoms with Gasteiger partial charge in [-0.1, -0.05) is 0 Å². The summed E-state index contributed by atoms with van der Waals surface area (Å²) in [5.41, 5.74) is 1.56. The zero-order chi connectivity index (χ0) is 23.7. The number of fused-ring (bicyclic) bond motifs is 1. The van der Waals surface area contributed by atoms with E-state index in [0.29, 0.717) is 44.5 Å². The van der Waals surface area contributed by atoms with E-state index in [2.05, 4.69) is 26.2 Å². The number of ether oxygens (including phenoxy) is 2. The number of aromatic amines is 1. The quantitative estimate of drug-likeness (QED) is 0.599. The topological polar surface area (TPSA) is 126 Å². The molecule has 12 heteroatoms. The molecule has 0 aliphatic carbocycles. The molecule has 1 atom stereocenters. The molecule has 0 saturated carbocycles. The van der Waals surface area contributed by atoms with Gasteiger partial charge in [0, 0.05) is 49.0 Å². The molecule has 0 bridgehead atoms. The molecule has 11 nitrogen and oxygen atoms in total. The standard InChI is InChI=1S/C22H27N7O4S/c1-15-14-33-10-7-29(15)19-13-18(27-34(31)11-8-28(9-12-34)22(30)32-2)25-21(26-19)17-4-6-24-20-16(17)3-5-23-20/h3-6,13,15H,7-12,14H2,1-2H3,(H,23,24)/t15-/m1/s1. The average molecular weight is 486 g/mol. The van der Waals surface area contributed by atoms with Gasteiger partial charge < -0.3 is 24.3 Å². The second-order valence-electron chi connectivity index (χ2n) is 8.35. The van der Waals surface area contributed by atoms with Crippen molar-refractivity contribution in [2.24, 2.45) is 4.36 Å². The number of hydrogen-bond acceptors (Lipinski definition) is 9. The van der Waals surface area contributed by atoms with E-state index in [0.717, 1.165) is 22.4 Å². The molecule has 180 valence electrons. The molecule has 2 saturated heterocycles. The molecule has 2 aliphatic rings. The summed E-state index contributed by atoms with van der Waals surface area (Å²) >= 11 is 0. The number of carbonyl (C=O) groups is 1. The van der Waals surface area contributed by atoms with E-state index in [4.69, 9.17) is 19.4 Å². The molecule has 34 heavy (non-hydrogen) atoms. The number of rotatable bonds is 3. The lowest BCUT2D eigenvalue weighted by Crippen LogP contribution is -2.44. The summed E-state index contributed by atoms with van der Waals surface area (Å²) in [6.45, 7) is 4.63. The van der Waals surface area contributed by atoms with E-state index in [1.165, 1.54) is 7.11 Å². The molecule has 0 spiro atoms. The van der Waals surface area contributed by atoms with Crippen molar-refractivity contribution >= 4 is 38.5 Å². The van der Waals surface area contributed by atoms with Gasteiger partial charge in [0.15, 0.2) is 11.6 Å². The number of pyridine rings is 1. The predicted molar refractivity (Wildman–Crippen MR) is 129 cm³/mol. The first-order valence-corrected chi connectivity index (χ1v) is 13.0. The Morgan fingerprint density at radius 1 is 1.26 bits per heavy atom. The molecule has 5 heterocycles. The number of hydrogen-bond donors (Lipinski definition) is 1. The summed E-state index contributed by atoms with van der Waals surface area (Å²) in [6, 6.07) is 5.73. The van der Waals surface area contributed by atoms with Crippen LogP contribution >= 0.6 is 0 Å². The second kappa shape index (κ2) is 9.18. The lowest BCUT2D eigenvalue weighted by molar-refractivity contribution is 0.0985. The normalized spacial score (nSPS) is 20.4. The minimum absolute atomic E-state index is 0.130. The van der Waals surface area contributed by atoms with Crippen molar-refractivity contribution in [2.45, 2.75) is 13.0 Å². The predicted octanol–water partition coefficient (Wildman–Crippen LogP) is 2.43. The number of nitrogens with one attached hydrogen (secondary N) is 1. The maximum Gasteiger partial charge on any atom is 0.409 e. The number of anilines is 1. The lowest BCUT2D eigenvalue weighted by Gasteiger charge is -2.34. The van der Waals surface area contributed by atoms with Crippen LogP contribution < -0.4 is 4.90 Å². The highest BCUT2D eigenvalue weighted by Crippen LogP contribution is 2.30. The van der Waals surface area contributed by atoms with Crippen LogP contribution in [-0.4, -0.2) is 92.6 Å². The first-order valence-electron chi connectivity index (χ1n) is 11.2. The van der Waals surface area contributed by atoms with Crippen molar-refractivity contribution in [2.75, 3.05) is 56.4 Å². The molecule has 1 amide bonds. The van der Waals surface area contributed by atoms with Crippen LogP contribution in [0.25, 0.3) is 22.4 Å². The number of aromatic nitrogens is 4. The smallest absolute Gasteiger partial charge is 0.409 e. The van der Waals surface area contributed by atoms with Crippen LogP contribution in [0.15, 0.2) is 35.0 Å². The van der Waals surface area contributed by atoms with E-state index in [9.17, 15) is 9.00 Å². The molecular weight excluding hydrogens is 458 g/mol. The van der Waals surface area contributed by atoms with Gasteiger partial charge in [-0.05, 0) is 19.1 Å². The van der Waals surface area contributed by atoms with E-state index >= 15 is 0 Å². The molecule has 2 fully saturated rings. The minimum Gasteiger partial charge on any atom is -0.453 e. The van der Waals surface area contributed by atoms with Crippen molar-refractivity contribution in [3.63, 3.8) is 0 Å². The van der Waals surface area contributed by atoms with Crippen LogP contribution in [0, 0.1) is 0 Å². The molecule has 1 N–H and O–H groups in total. The van der Waals surface area contributed by atoms with Crippen LogP contribution in [0.3, 0.4) is 0 Å². The van der Waals surface area contributed by atoms with Crippen LogP contribution in [0.5, 0.6) is 0 Å². The second-order valence-corrected chi connectivity index (χ2v) is 10.9. The summed E-state index contributed by atoms with van der Waals surface area (Å²) in [7, 11) is -1.24. The van der Waals surface area contributed by atoms with Gasteiger partial charge in [0.2, 0.25) is 0 Å². The Balaban J connectivity index is 1.57. The van der Waals surface area contributed by atoms with Crippen LogP contribution in [0.2, 0.25) is 0 Å². The first-order chi connectivity index (χ1) is 16.5. The summed E-state index contributed by atoms with van der Waals surface area (Å²) in [6.07, 6.45) is 3.12. The SMILES string of the molecule is COC(=O)N1CCS(=O)(=Nc2cc(N3CCOC[C@H]3C)nc(-c3ccnc4[nH]ccc34)n2)CC1. The van der Waals surface area contributed by atoms with Gasteiger partial charge in [0.25, 0.3) is 0 Å². The Labute approximate surface area is 197 Å². The van der Waals surface area contributed by atoms with Crippen molar-refractivity contribution in [3.8, 4) is 11.4 Å². The van der Waals surface area contributed by atoms with Gasteiger partial charge in [-0.2, -0.15) is 4.36 Å². The Bertz CT molecular complexity index is 1320. The van der Waals surface area contributed by atoms with Crippen molar-refractivity contribution in [1.82, 2.24) is 24.8 Å². The number of methoxy groups -OCH3 is 1. The zero-order valence-corrected chi connectivity index (χ0v) is 20.0. The van der Waals surface area contributed by atoms with E-state index in [1.54, 1.807) is 17.2 Å². The molecule has 5 rings (SSSR count). The molecular formula is C22H27N7O4S. The Kier molecular flexibility index (Phi) is 6.09. The number of morpholine rings is 1. The monoisotopic (exact) mass is 485 g/mol. The van der Waals surface area contributed by atoms with E-state index in [1.807, 2.05) is 18.3 Å². The summed E-state index contributed by atoms with van der Waals surface area (Å²) in [5, 5.41) is 0.899. The maximum absolute atomic E-state index is 13.5. The number of amides is 1. The van der Waals surface area contributed by atoms with E-state index in [-0.39, 0.29) is 17.5 Å². The molecule has 0 radical (unpaired) electrons. The Morgan fingerprint density at radius 2 is 2.09 bits per heavy atom. The van der Waals surface area contributed by atoms with E-state index < -0.39 is 15.8 Å². The van der Waals surface area contributed by atoms with Crippen LogP contribution in [0.1, 0.15) is 6.92 Å². The number of H-pyrrole nitrogens is 1. The van der Waals surface area contributed by atoms with Gasteiger partial charge in [-0.3, -0.25) is 0 Å². The first kappa shape index (κ1) is 22.5. The van der Waals surface area contributed by atoms with Gasteiger partial charge >= 0.3 is 6.09 Å². The summed E-state index contributed by atoms with van der Waals surface area (Å²) in [4.78, 5) is 32.6. The van der Waals surface area contributed by atoms with Gasteiger partial charge in [0.05, 0.1) is 47.6 Å². The third-order valence-electron chi connectivity index (χ3n) is 6.12. The minimum atomic E-state index is -2.59. The zero-order valence-electron chi connectivity index (χ0n) is 19.1. The Morgan fingerprint density at radius 3 is 2.85 bits per heavy atom. The third kappa shape index (κ3) is 4.42. The van der Waals surface area contributed by atoms with Crippen LogP contribution in [-0.2, 0) is 19.2 Å². The Hall–Kier alpha value is -3.25. The fourth-order valence-electron chi connectivity index (χ4n) is 4.25. The van der Waals surface area contributed by atoms with Crippen molar-refractivity contribution < 1.29 is 18.5 Å². The van der Waals surface area contributed by atoms with Gasteiger partial charge in [-0.25, -0.2) is 24.0 Å². The fraction of sp³-hybridized carbons (Fsp3) is 0.455. The molecule has 0 aromatic carbocycles. The highest BCUT2D eigenvalue weighted by atomic mass is 32.2. The largest absolute Gasteiger partial charge is 0.453 e.